The summed E-state index contributed by atoms with van der Waals surface area (Å²) in [7, 11) is -2.54. The highest BCUT2D eigenvalue weighted by Gasteiger charge is 2.47. The molecule has 0 bridgehead atoms. The standard InChI is InChI=1S/C19H25N2OP/c1-16-17(2)21(15-19-12-8-5-9-13-19)23(3,22)20(16)14-18-10-6-4-7-11-18/h4-13,16-17H,14-15H2,1-3H3/t16-,17-/m0/s1. The van der Waals surface area contributed by atoms with Gasteiger partial charge in [-0.25, -0.2) is 9.34 Å². The monoisotopic (exact) mass is 328 g/mol. The van der Waals surface area contributed by atoms with Crippen LogP contribution in [0.1, 0.15) is 25.0 Å². The molecule has 0 aromatic heterocycles. The van der Waals surface area contributed by atoms with Crippen LogP contribution in [0, 0.1) is 0 Å². The van der Waals surface area contributed by atoms with Gasteiger partial charge < -0.3 is 0 Å². The van der Waals surface area contributed by atoms with Gasteiger partial charge in [0.05, 0.1) is 0 Å². The average Bonchev–Trinajstić information content (AvgIpc) is 2.71. The molecule has 1 aliphatic rings. The first kappa shape index (κ1) is 16.4. The van der Waals surface area contributed by atoms with Crippen molar-refractivity contribution in [2.45, 2.75) is 39.0 Å². The number of benzene rings is 2. The maximum atomic E-state index is 13.6. The first-order valence-corrected chi connectivity index (χ1v) is 10.3. The Morgan fingerprint density at radius 3 is 1.48 bits per heavy atom. The van der Waals surface area contributed by atoms with Gasteiger partial charge in [0.15, 0.2) is 0 Å². The van der Waals surface area contributed by atoms with E-state index in [2.05, 4.69) is 47.5 Å². The van der Waals surface area contributed by atoms with Crippen LogP contribution >= 0.6 is 7.44 Å². The summed E-state index contributed by atoms with van der Waals surface area (Å²) in [6.45, 7) is 7.78. The maximum absolute atomic E-state index is 13.6. The third-order valence-corrected chi connectivity index (χ3v) is 7.88. The van der Waals surface area contributed by atoms with Gasteiger partial charge in [0.1, 0.15) is 0 Å². The van der Waals surface area contributed by atoms with E-state index in [0.29, 0.717) is 0 Å². The predicted molar refractivity (Wildman–Crippen MR) is 96.4 cm³/mol. The van der Waals surface area contributed by atoms with E-state index in [1.807, 2.05) is 43.1 Å². The van der Waals surface area contributed by atoms with E-state index in [1.54, 1.807) is 0 Å². The Labute approximate surface area is 139 Å². The van der Waals surface area contributed by atoms with Gasteiger partial charge in [-0.3, -0.25) is 4.57 Å². The van der Waals surface area contributed by atoms with Crippen LogP contribution in [0.2, 0.25) is 0 Å². The van der Waals surface area contributed by atoms with Crippen molar-refractivity contribution in [3.63, 3.8) is 0 Å². The Kier molecular flexibility index (Phi) is 4.72. The van der Waals surface area contributed by atoms with Gasteiger partial charge in [-0.1, -0.05) is 60.7 Å². The fourth-order valence-corrected chi connectivity index (χ4v) is 6.30. The van der Waals surface area contributed by atoms with Gasteiger partial charge in [0, 0.05) is 31.8 Å². The molecule has 0 unspecified atom stereocenters. The van der Waals surface area contributed by atoms with Crippen LogP contribution in [0.4, 0.5) is 0 Å². The second kappa shape index (κ2) is 6.60. The second-order valence-corrected chi connectivity index (χ2v) is 9.18. The largest absolute Gasteiger partial charge is 0.289 e. The van der Waals surface area contributed by atoms with Crippen molar-refractivity contribution in [3.8, 4) is 0 Å². The minimum atomic E-state index is -2.54. The molecule has 3 nitrogen and oxygen atoms in total. The Morgan fingerprint density at radius 2 is 1.13 bits per heavy atom. The third-order valence-electron chi connectivity index (χ3n) is 4.97. The van der Waals surface area contributed by atoms with Gasteiger partial charge in [0.25, 0.3) is 0 Å². The van der Waals surface area contributed by atoms with E-state index in [-0.39, 0.29) is 12.1 Å². The molecular formula is C19H25N2OP. The lowest BCUT2D eigenvalue weighted by atomic mass is 10.1. The van der Waals surface area contributed by atoms with Gasteiger partial charge in [-0.05, 0) is 25.0 Å². The molecule has 1 aliphatic heterocycles. The summed E-state index contributed by atoms with van der Waals surface area (Å²) >= 11 is 0. The Morgan fingerprint density at radius 1 is 0.783 bits per heavy atom. The summed E-state index contributed by atoms with van der Waals surface area (Å²) in [5, 5.41) is 0. The Balaban J connectivity index is 1.84. The SMILES string of the molecule is C[C@H]1[C@H](C)N(Cc2ccccc2)P(C)(=O)N1Cc1ccccc1. The molecule has 0 N–H and O–H groups in total. The normalized spacial score (nSPS) is 24.8. The van der Waals surface area contributed by atoms with Crippen LogP contribution in [0.5, 0.6) is 0 Å². The van der Waals surface area contributed by atoms with Gasteiger partial charge in [-0.15, -0.1) is 0 Å². The summed E-state index contributed by atoms with van der Waals surface area (Å²) in [4.78, 5) is 0. The van der Waals surface area contributed by atoms with Crippen molar-refractivity contribution in [2.24, 2.45) is 0 Å². The molecule has 1 heterocycles. The van der Waals surface area contributed by atoms with E-state index < -0.39 is 7.44 Å². The lowest BCUT2D eigenvalue weighted by molar-refractivity contribution is 0.288. The maximum Gasteiger partial charge on any atom is 0.214 e. The van der Waals surface area contributed by atoms with Gasteiger partial charge in [0.2, 0.25) is 7.44 Å². The van der Waals surface area contributed by atoms with Crippen molar-refractivity contribution in [1.82, 2.24) is 9.34 Å². The minimum absolute atomic E-state index is 0.273. The van der Waals surface area contributed by atoms with Crippen LogP contribution in [0.25, 0.3) is 0 Å². The minimum Gasteiger partial charge on any atom is -0.289 e. The lowest BCUT2D eigenvalue weighted by Gasteiger charge is -2.28. The molecule has 2 aromatic rings. The van der Waals surface area contributed by atoms with Crippen LogP contribution in [-0.2, 0) is 17.7 Å². The molecule has 2 atom stereocenters. The molecule has 122 valence electrons. The van der Waals surface area contributed by atoms with Crippen LogP contribution < -0.4 is 0 Å². The van der Waals surface area contributed by atoms with Crippen molar-refractivity contribution < 1.29 is 4.57 Å². The van der Waals surface area contributed by atoms with E-state index in [1.165, 1.54) is 11.1 Å². The zero-order chi connectivity index (χ0) is 16.4. The number of hydrogen-bond acceptors (Lipinski definition) is 1. The lowest BCUT2D eigenvalue weighted by Crippen LogP contribution is -2.32. The first-order valence-electron chi connectivity index (χ1n) is 8.20. The summed E-state index contributed by atoms with van der Waals surface area (Å²) in [6, 6.07) is 21.2. The van der Waals surface area contributed by atoms with Crippen molar-refractivity contribution in [1.29, 1.82) is 0 Å². The molecule has 1 fully saturated rings. The second-order valence-electron chi connectivity index (χ2n) is 6.48. The molecular weight excluding hydrogens is 303 g/mol. The highest BCUT2D eigenvalue weighted by molar-refractivity contribution is 7.58. The van der Waals surface area contributed by atoms with E-state index >= 15 is 0 Å². The Bertz CT molecular complexity index is 632. The fourth-order valence-electron chi connectivity index (χ4n) is 3.41. The summed E-state index contributed by atoms with van der Waals surface area (Å²) in [5.74, 6) is 0. The molecule has 0 saturated carbocycles. The number of hydrogen-bond donors (Lipinski definition) is 0. The molecule has 4 heteroatoms. The van der Waals surface area contributed by atoms with Gasteiger partial charge >= 0.3 is 0 Å². The molecule has 0 amide bonds. The Hall–Kier alpha value is -1.41. The molecule has 2 aromatic carbocycles. The highest BCUT2D eigenvalue weighted by atomic mass is 31.2. The highest BCUT2D eigenvalue weighted by Crippen LogP contribution is 2.59. The summed E-state index contributed by atoms with van der Waals surface area (Å²) in [5.41, 5.74) is 2.44. The van der Waals surface area contributed by atoms with Crippen LogP contribution in [0.3, 0.4) is 0 Å². The van der Waals surface area contributed by atoms with Crippen LogP contribution in [0.15, 0.2) is 60.7 Å². The summed E-state index contributed by atoms with van der Waals surface area (Å²) in [6.07, 6.45) is 0. The molecule has 1 saturated heterocycles. The molecule has 3 rings (SSSR count). The average molecular weight is 328 g/mol. The quantitative estimate of drug-likeness (QED) is 0.766. The zero-order valence-corrected chi connectivity index (χ0v) is 15.0. The summed E-state index contributed by atoms with van der Waals surface area (Å²) < 4.78 is 17.9. The molecule has 23 heavy (non-hydrogen) atoms. The van der Waals surface area contributed by atoms with Gasteiger partial charge in [-0.2, -0.15) is 0 Å². The number of rotatable bonds is 4. The van der Waals surface area contributed by atoms with E-state index in [9.17, 15) is 4.57 Å². The van der Waals surface area contributed by atoms with Crippen molar-refractivity contribution in [3.05, 3.63) is 71.8 Å². The van der Waals surface area contributed by atoms with E-state index in [4.69, 9.17) is 0 Å². The topological polar surface area (TPSA) is 23.6 Å². The van der Waals surface area contributed by atoms with Crippen molar-refractivity contribution >= 4 is 7.44 Å². The zero-order valence-electron chi connectivity index (χ0n) is 14.1. The van der Waals surface area contributed by atoms with Crippen molar-refractivity contribution in [2.75, 3.05) is 6.66 Å². The predicted octanol–water partition coefficient (Wildman–Crippen LogP) is 4.60. The van der Waals surface area contributed by atoms with Crippen LogP contribution in [-0.4, -0.2) is 28.1 Å². The molecule has 0 spiro atoms. The molecule has 0 aliphatic carbocycles. The number of nitrogens with zero attached hydrogens (tertiary/aromatic N) is 2. The fraction of sp³-hybridized carbons (Fsp3) is 0.368. The molecule has 0 radical (unpaired) electrons. The third kappa shape index (κ3) is 3.28. The van der Waals surface area contributed by atoms with E-state index in [0.717, 1.165) is 13.1 Å². The first-order chi connectivity index (χ1) is 11.0. The smallest absolute Gasteiger partial charge is 0.214 e.